The van der Waals surface area contributed by atoms with E-state index in [1.165, 1.54) is 17.4 Å². The van der Waals surface area contributed by atoms with E-state index in [2.05, 4.69) is 15.2 Å². The highest BCUT2D eigenvalue weighted by molar-refractivity contribution is 7.91. The number of aromatic nitrogens is 1. The Morgan fingerprint density at radius 3 is 2.48 bits per heavy atom. The van der Waals surface area contributed by atoms with E-state index in [1.54, 1.807) is 38.1 Å². The van der Waals surface area contributed by atoms with Crippen LogP contribution in [0.25, 0.3) is 0 Å². The van der Waals surface area contributed by atoms with Crippen molar-refractivity contribution in [3.8, 4) is 0 Å². The van der Waals surface area contributed by atoms with Gasteiger partial charge >= 0.3 is 6.18 Å². The number of carbonyl (C=O) groups excluding carboxylic acids is 1. The molecule has 1 atom stereocenters. The Labute approximate surface area is 248 Å². The molecule has 42 heavy (non-hydrogen) atoms. The number of nitrogens with one attached hydrogen (secondary N) is 1. The number of carbonyl (C=O) groups is 1. The Morgan fingerprint density at radius 1 is 1.17 bits per heavy atom. The molecule has 3 aromatic rings. The molecule has 7 nitrogen and oxygen atoms in total. The Kier molecular flexibility index (Phi) is 8.54. The van der Waals surface area contributed by atoms with Gasteiger partial charge in [-0.1, -0.05) is 25.1 Å². The van der Waals surface area contributed by atoms with Crippen molar-refractivity contribution < 1.29 is 31.1 Å². The van der Waals surface area contributed by atoms with Crippen molar-refractivity contribution in [3.63, 3.8) is 0 Å². The summed E-state index contributed by atoms with van der Waals surface area (Å²) in [5.41, 5.74) is 1.70. The minimum Gasteiger partial charge on any atom is -0.366 e. The standard InChI is InChI=1S/C30H34F3N3O4S2/c1-4-42(38,39)24-8-5-21(6-9-24)17-34-28(37)25-16-23-15-19(2)40-29(27(23)41-25)11-13-36(14-12-29)18-22-7-10-26(30(31,32)33)35-20(22)3/h5-10,16,19H,4,11-15,17-18H2,1-3H3,(H,34,37)/t19-/m0/s1. The number of rotatable bonds is 7. The van der Waals surface area contributed by atoms with Crippen LogP contribution in [0.3, 0.4) is 0 Å². The number of benzene rings is 1. The molecule has 4 heterocycles. The predicted molar refractivity (Wildman–Crippen MR) is 154 cm³/mol. The first-order valence-corrected chi connectivity index (χ1v) is 16.4. The minimum absolute atomic E-state index is 0.00571. The number of hydrogen-bond acceptors (Lipinski definition) is 7. The summed E-state index contributed by atoms with van der Waals surface area (Å²) in [6.07, 6.45) is -2.32. The van der Waals surface area contributed by atoms with Gasteiger partial charge in [0.1, 0.15) is 11.3 Å². The number of hydrogen-bond donors (Lipinski definition) is 1. The molecule has 0 bridgehead atoms. The number of alkyl halides is 3. The molecule has 5 rings (SSSR count). The molecule has 1 saturated heterocycles. The van der Waals surface area contributed by atoms with E-state index in [0.29, 0.717) is 49.5 Å². The summed E-state index contributed by atoms with van der Waals surface area (Å²) in [7, 11) is -3.28. The Morgan fingerprint density at radius 2 is 1.86 bits per heavy atom. The van der Waals surface area contributed by atoms with Gasteiger partial charge in [0.15, 0.2) is 9.84 Å². The lowest BCUT2D eigenvalue weighted by atomic mass is 9.84. The zero-order valence-electron chi connectivity index (χ0n) is 23.8. The van der Waals surface area contributed by atoms with Gasteiger partial charge in [0, 0.05) is 36.8 Å². The third-order valence-corrected chi connectivity index (χ3v) is 11.2. The maximum absolute atomic E-state index is 13.1. The number of amides is 1. The van der Waals surface area contributed by atoms with E-state index in [1.807, 2.05) is 13.0 Å². The third-order valence-electron chi connectivity index (χ3n) is 8.04. The molecule has 1 amide bonds. The Balaban J connectivity index is 1.24. The molecule has 12 heteroatoms. The van der Waals surface area contributed by atoms with Gasteiger partial charge in [-0.05, 0) is 74.1 Å². The summed E-state index contributed by atoms with van der Waals surface area (Å²) in [4.78, 5) is 21.0. The zero-order chi connectivity index (χ0) is 30.3. The van der Waals surface area contributed by atoms with Crippen LogP contribution in [0, 0.1) is 6.92 Å². The maximum atomic E-state index is 13.1. The van der Waals surface area contributed by atoms with Crippen LogP contribution in [0.1, 0.15) is 69.3 Å². The molecule has 1 spiro atoms. The smallest absolute Gasteiger partial charge is 0.366 e. The van der Waals surface area contributed by atoms with Crippen LogP contribution in [-0.2, 0) is 45.9 Å². The molecular weight excluding hydrogens is 587 g/mol. The molecule has 2 aliphatic rings. The van der Waals surface area contributed by atoms with Gasteiger partial charge in [-0.2, -0.15) is 13.2 Å². The van der Waals surface area contributed by atoms with Crippen LogP contribution >= 0.6 is 11.3 Å². The van der Waals surface area contributed by atoms with Crippen LogP contribution in [0.2, 0.25) is 0 Å². The SMILES string of the molecule is CCS(=O)(=O)c1ccc(CNC(=O)c2cc3c(s2)C2(CCN(Cc4ccc(C(F)(F)F)nc4C)CC2)O[C@@H](C)C3)cc1. The molecule has 0 aliphatic carbocycles. The second kappa shape index (κ2) is 11.7. The largest absolute Gasteiger partial charge is 0.433 e. The van der Waals surface area contributed by atoms with Crippen LogP contribution in [0.5, 0.6) is 0 Å². The van der Waals surface area contributed by atoms with Gasteiger partial charge in [0.05, 0.1) is 21.6 Å². The number of likely N-dealkylation sites (tertiary alicyclic amines) is 1. The first-order chi connectivity index (χ1) is 19.8. The molecule has 1 aromatic carbocycles. The quantitative estimate of drug-likeness (QED) is 0.367. The number of thiophene rings is 1. The average Bonchev–Trinajstić information content (AvgIpc) is 3.39. The van der Waals surface area contributed by atoms with E-state index in [-0.39, 0.29) is 29.2 Å². The molecule has 0 saturated carbocycles. The number of aryl methyl sites for hydroxylation is 1. The lowest BCUT2D eigenvalue weighted by Crippen LogP contribution is -2.47. The third kappa shape index (κ3) is 6.41. The van der Waals surface area contributed by atoms with Gasteiger partial charge in [-0.3, -0.25) is 9.69 Å². The van der Waals surface area contributed by atoms with Crippen molar-refractivity contribution in [2.24, 2.45) is 0 Å². The second-order valence-electron chi connectivity index (χ2n) is 11.0. The highest BCUT2D eigenvalue weighted by Crippen LogP contribution is 2.47. The second-order valence-corrected chi connectivity index (χ2v) is 14.4. The van der Waals surface area contributed by atoms with Gasteiger partial charge in [0.25, 0.3) is 5.91 Å². The fraction of sp³-hybridized carbons (Fsp3) is 0.467. The zero-order valence-corrected chi connectivity index (χ0v) is 25.4. The number of halogens is 3. The van der Waals surface area contributed by atoms with E-state index in [4.69, 9.17) is 4.74 Å². The molecule has 2 aromatic heterocycles. The topological polar surface area (TPSA) is 88.6 Å². The fourth-order valence-corrected chi connectivity index (χ4v) is 7.87. The molecule has 226 valence electrons. The number of sulfone groups is 1. The van der Waals surface area contributed by atoms with Gasteiger partial charge in [-0.15, -0.1) is 11.3 Å². The monoisotopic (exact) mass is 621 g/mol. The van der Waals surface area contributed by atoms with Crippen LogP contribution in [0.15, 0.2) is 47.4 Å². The molecule has 2 aliphatic heterocycles. The van der Waals surface area contributed by atoms with Crippen molar-refractivity contribution in [1.29, 1.82) is 0 Å². The molecule has 0 radical (unpaired) electrons. The lowest BCUT2D eigenvalue weighted by Gasteiger charge is -2.45. The number of piperidine rings is 1. The van der Waals surface area contributed by atoms with E-state index >= 15 is 0 Å². The van der Waals surface area contributed by atoms with Crippen molar-refractivity contribution in [3.05, 3.63) is 80.3 Å². The highest BCUT2D eigenvalue weighted by Gasteiger charge is 2.44. The number of fused-ring (bicyclic) bond motifs is 2. The van der Waals surface area contributed by atoms with Crippen molar-refractivity contribution >= 4 is 27.1 Å². The molecular formula is C30H34F3N3O4S2. The summed E-state index contributed by atoms with van der Waals surface area (Å²) in [5, 5.41) is 2.95. The van der Waals surface area contributed by atoms with Crippen LogP contribution in [0.4, 0.5) is 13.2 Å². The van der Waals surface area contributed by atoms with Crippen LogP contribution in [-0.4, -0.2) is 49.2 Å². The average molecular weight is 622 g/mol. The van der Waals surface area contributed by atoms with Crippen molar-refractivity contribution in [1.82, 2.24) is 15.2 Å². The first kappa shape index (κ1) is 30.7. The minimum atomic E-state index is -4.46. The number of nitrogens with zero attached hydrogens (tertiary/aromatic N) is 2. The fourth-order valence-electron chi connectivity index (χ4n) is 5.69. The first-order valence-electron chi connectivity index (χ1n) is 14.0. The Bertz CT molecular complexity index is 1560. The summed E-state index contributed by atoms with van der Waals surface area (Å²) < 4.78 is 69.7. The van der Waals surface area contributed by atoms with E-state index in [0.717, 1.165) is 27.6 Å². The van der Waals surface area contributed by atoms with E-state index < -0.39 is 27.3 Å². The normalized spacial score (nSPS) is 19.0. The highest BCUT2D eigenvalue weighted by atomic mass is 32.2. The molecule has 1 N–H and O–H groups in total. The van der Waals surface area contributed by atoms with Crippen molar-refractivity contribution in [2.45, 2.75) is 75.9 Å². The predicted octanol–water partition coefficient (Wildman–Crippen LogP) is 5.65. The molecule has 1 fully saturated rings. The van der Waals surface area contributed by atoms with Gasteiger partial charge in [-0.25, -0.2) is 13.4 Å². The van der Waals surface area contributed by atoms with E-state index in [9.17, 15) is 26.4 Å². The maximum Gasteiger partial charge on any atom is 0.433 e. The summed E-state index contributed by atoms with van der Waals surface area (Å²) >= 11 is 1.45. The summed E-state index contributed by atoms with van der Waals surface area (Å²) in [6.45, 7) is 7.45. The van der Waals surface area contributed by atoms with Gasteiger partial charge < -0.3 is 10.1 Å². The van der Waals surface area contributed by atoms with Crippen molar-refractivity contribution in [2.75, 3.05) is 18.8 Å². The summed E-state index contributed by atoms with van der Waals surface area (Å²) in [6, 6.07) is 11.1. The Hall–Kier alpha value is -2.80. The summed E-state index contributed by atoms with van der Waals surface area (Å²) in [5.74, 6) is -0.158. The van der Waals surface area contributed by atoms with Gasteiger partial charge in [0.2, 0.25) is 0 Å². The number of ether oxygens (including phenoxy) is 1. The number of pyridine rings is 1. The molecule has 0 unspecified atom stereocenters. The lowest BCUT2D eigenvalue weighted by molar-refractivity contribution is -0.141. The van der Waals surface area contributed by atoms with Crippen LogP contribution < -0.4 is 5.32 Å².